The van der Waals surface area contributed by atoms with Gasteiger partial charge in [-0.3, -0.25) is 10.3 Å². The van der Waals surface area contributed by atoms with E-state index in [1.54, 1.807) is 20.8 Å². The molecule has 0 aromatic heterocycles. The molecule has 6 nitrogen and oxygen atoms in total. The molecular formula is C22H26F3N3O3. The van der Waals surface area contributed by atoms with Crippen LogP contribution in [0.25, 0.3) is 0 Å². The van der Waals surface area contributed by atoms with Gasteiger partial charge in [0.1, 0.15) is 34.3 Å². The van der Waals surface area contributed by atoms with E-state index in [2.05, 4.69) is 0 Å². The van der Waals surface area contributed by atoms with E-state index >= 15 is 4.39 Å². The molecule has 1 N–H and O–H groups in total. The van der Waals surface area contributed by atoms with Crippen LogP contribution in [-0.4, -0.2) is 41.1 Å². The van der Waals surface area contributed by atoms with E-state index in [9.17, 15) is 18.8 Å². The number of nitriles is 1. The smallest absolute Gasteiger partial charge is 0.416 e. The normalized spacial score (nSPS) is 31.2. The first-order chi connectivity index (χ1) is 14.2. The Bertz CT molecular complexity index is 950. The molecule has 0 radical (unpaired) electrons. The van der Waals surface area contributed by atoms with Crippen molar-refractivity contribution >= 4 is 11.9 Å². The molecule has 2 heterocycles. The lowest BCUT2D eigenvalue weighted by Gasteiger charge is -2.52. The summed E-state index contributed by atoms with van der Waals surface area (Å²) in [5.41, 5.74) is -4.36. The molecule has 0 saturated carbocycles. The lowest BCUT2D eigenvalue weighted by Crippen LogP contribution is -2.66. The van der Waals surface area contributed by atoms with Crippen LogP contribution in [0.15, 0.2) is 24.3 Å². The molecule has 1 aromatic carbocycles. The number of amidine groups is 1. The number of nitrogens with one attached hydrogen (secondary N) is 1. The Kier molecular flexibility index (Phi) is 5.38. The number of hydrogen-bond acceptors (Lipinski definition) is 5. The van der Waals surface area contributed by atoms with Gasteiger partial charge in [0.05, 0.1) is 12.7 Å². The molecule has 0 spiro atoms. The van der Waals surface area contributed by atoms with Crippen LogP contribution in [0.2, 0.25) is 0 Å². The molecule has 0 unspecified atom stereocenters. The minimum Gasteiger partial charge on any atom is -0.443 e. The van der Waals surface area contributed by atoms with Crippen molar-refractivity contribution in [3.8, 4) is 6.07 Å². The molecule has 9 heteroatoms. The maximum absolute atomic E-state index is 15.0. The van der Waals surface area contributed by atoms with Crippen LogP contribution in [0, 0.1) is 33.9 Å². The maximum Gasteiger partial charge on any atom is 0.416 e. The number of likely N-dealkylation sites (tertiary alicyclic amines) is 1. The fraction of sp³-hybridized carbons (Fsp3) is 0.591. The molecule has 3 rings (SSSR count). The molecule has 0 bridgehead atoms. The fourth-order valence-electron chi connectivity index (χ4n) is 4.55. The van der Waals surface area contributed by atoms with E-state index in [4.69, 9.17) is 14.9 Å². The molecule has 2 aliphatic heterocycles. The summed E-state index contributed by atoms with van der Waals surface area (Å²) < 4.78 is 55.1. The SMILES string of the molecule is CC(C)(C)OC(=O)N1C(=N)[C@@](C)(C#N)C[C@@H]2[C@@H](C(C)(F)F)OC[C@@]21c1ccccc1F. The molecule has 31 heavy (non-hydrogen) atoms. The summed E-state index contributed by atoms with van der Waals surface area (Å²) in [4.78, 5) is 14.2. The van der Waals surface area contributed by atoms with Gasteiger partial charge in [0.2, 0.25) is 0 Å². The van der Waals surface area contributed by atoms with Gasteiger partial charge < -0.3 is 9.47 Å². The Hall–Kier alpha value is -2.60. The quantitative estimate of drug-likeness (QED) is 0.717. The van der Waals surface area contributed by atoms with Gasteiger partial charge >= 0.3 is 6.09 Å². The van der Waals surface area contributed by atoms with Crippen molar-refractivity contribution in [3.63, 3.8) is 0 Å². The number of carbonyl (C=O) groups is 1. The van der Waals surface area contributed by atoms with Gasteiger partial charge in [0.25, 0.3) is 5.92 Å². The summed E-state index contributed by atoms with van der Waals surface area (Å²) in [5.74, 6) is -5.64. The van der Waals surface area contributed by atoms with Crippen molar-refractivity contribution in [1.82, 2.24) is 4.90 Å². The van der Waals surface area contributed by atoms with Gasteiger partial charge in [0, 0.05) is 18.4 Å². The second-order valence-electron chi connectivity index (χ2n) is 9.51. The Balaban J connectivity index is 2.31. The first-order valence-electron chi connectivity index (χ1n) is 9.95. The number of alkyl halides is 2. The van der Waals surface area contributed by atoms with E-state index in [0.717, 1.165) is 11.0 Å². The average Bonchev–Trinajstić information content (AvgIpc) is 3.00. The number of benzene rings is 1. The topological polar surface area (TPSA) is 86.4 Å². The Morgan fingerprint density at radius 1 is 1.32 bits per heavy atom. The summed E-state index contributed by atoms with van der Waals surface area (Å²) in [5, 5.41) is 18.5. The summed E-state index contributed by atoms with van der Waals surface area (Å²) in [6, 6.07) is 7.49. The van der Waals surface area contributed by atoms with Gasteiger partial charge in [-0.05, 0) is 40.2 Å². The second kappa shape index (κ2) is 7.23. The number of amides is 1. The zero-order valence-electron chi connectivity index (χ0n) is 18.1. The first-order valence-corrected chi connectivity index (χ1v) is 9.95. The number of rotatable bonds is 2. The van der Waals surface area contributed by atoms with E-state index < -0.39 is 58.9 Å². The molecular weight excluding hydrogens is 411 g/mol. The number of fused-ring (bicyclic) bond motifs is 1. The van der Waals surface area contributed by atoms with E-state index in [-0.39, 0.29) is 12.0 Å². The number of hydrogen-bond donors (Lipinski definition) is 1. The second-order valence-corrected chi connectivity index (χ2v) is 9.51. The van der Waals surface area contributed by atoms with E-state index in [0.29, 0.717) is 6.92 Å². The monoisotopic (exact) mass is 437 g/mol. The van der Waals surface area contributed by atoms with Crippen LogP contribution in [0.1, 0.15) is 46.6 Å². The van der Waals surface area contributed by atoms with Crippen LogP contribution >= 0.6 is 0 Å². The Morgan fingerprint density at radius 2 is 1.94 bits per heavy atom. The third kappa shape index (κ3) is 3.67. The van der Waals surface area contributed by atoms with Crippen molar-refractivity contribution in [2.75, 3.05) is 6.61 Å². The van der Waals surface area contributed by atoms with Crippen LogP contribution in [-0.2, 0) is 15.0 Å². The molecule has 168 valence electrons. The number of halogens is 3. The van der Waals surface area contributed by atoms with Gasteiger partial charge in [-0.15, -0.1) is 0 Å². The zero-order chi connectivity index (χ0) is 23.4. The first kappa shape index (κ1) is 23.1. The number of ether oxygens (including phenoxy) is 2. The highest BCUT2D eigenvalue weighted by molar-refractivity contribution is 6.00. The van der Waals surface area contributed by atoms with Gasteiger partial charge in [-0.2, -0.15) is 5.26 Å². The van der Waals surface area contributed by atoms with Gasteiger partial charge in [-0.25, -0.2) is 18.0 Å². The molecule has 2 aliphatic rings. The number of piperidine rings is 1. The molecule has 2 fully saturated rings. The predicted octanol–water partition coefficient (Wildman–Crippen LogP) is 4.84. The highest BCUT2D eigenvalue weighted by Crippen LogP contribution is 2.57. The lowest BCUT2D eigenvalue weighted by molar-refractivity contribution is -0.120. The minimum atomic E-state index is -3.33. The van der Waals surface area contributed by atoms with Crippen molar-refractivity contribution in [3.05, 3.63) is 35.6 Å². The van der Waals surface area contributed by atoms with Crippen molar-refractivity contribution in [2.45, 2.75) is 64.2 Å². The average molecular weight is 437 g/mol. The lowest BCUT2D eigenvalue weighted by atomic mass is 9.63. The van der Waals surface area contributed by atoms with E-state index in [1.807, 2.05) is 6.07 Å². The fourth-order valence-corrected chi connectivity index (χ4v) is 4.55. The van der Waals surface area contributed by atoms with Crippen molar-refractivity contribution in [2.24, 2.45) is 11.3 Å². The van der Waals surface area contributed by atoms with E-state index in [1.165, 1.54) is 25.1 Å². The number of carbonyl (C=O) groups excluding carboxylic acids is 1. The van der Waals surface area contributed by atoms with Crippen LogP contribution < -0.4 is 0 Å². The summed E-state index contributed by atoms with van der Waals surface area (Å²) >= 11 is 0. The van der Waals surface area contributed by atoms with Crippen molar-refractivity contribution in [1.29, 1.82) is 10.7 Å². The predicted molar refractivity (Wildman–Crippen MR) is 106 cm³/mol. The third-order valence-corrected chi connectivity index (χ3v) is 5.90. The third-order valence-electron chi connectivity index (χ3n) is 5.90. The highest BCUT2D eigenvalue weighted by Gasteiger charge is 2.68. The summed E-state index contributed by atoms with van der Waals surface area (Å²) in [7, 11) is 0. The summed E-state index contributed by atoms with van der Waals surface area (Å²) in [6.07, 6.45) is -2.90. The van der Waals surface area contributed by atoms with Crippen molar-refractivity contribution < 1.29 is 27.4 Å². The molecule has 0 aliphatic carbocycles. The zero-order valence-corrected chi connectivity index (χ0v) is 18.1. The van der Waals surface area contributed by atoms with Gasteiger partial charge in [0.15, 0.2) is 0 Å². The summed E-state index contributed by atoms with van der Waals surface area (Å²) in [6.45, 7) is 6.48. The van der Waals surface area contributed by atoms with Crippen LogP contribution in [0.3, 0.4) is 0 Å². The Labute approximate surface area is 179 Å². The highest BCUT2D eigenvalue weighted by atomic mass is 19.3. The largest absolute Gasteiger partial charge is 0.443 e. The standard InChI is InChI=1S/C22H26F3N3O3/c1-19(2,3)31-18(29)28-17(27)20(4,11-26)10-14-16(21(5,24)25)30-12-22(14,28)13-8-6-7-9-15(13)23/h6-9,14,16,27H,10,12H2,1-5H3/t14-,16+,20-,22-/m1/s1. The number of nitrogens with zero attached hydrogens (tertiary/aromatic N) is 2. The molecule has 1 aromatic rings. The maximum atomic E-state index is 15.0. The van der Waals surface area contributed by atoms with Crippen LogP contribution in [0.4, 0.5) is 18.0 Å². The molecule has 2 saturated heterocycles. The minimum absolute atomic E-state index is 0.0534. The van der Waals surface area contributed by atoms with Crippen LogP contribution in [0.5, 0.6) is 0 Å². The Morgan fingerprint density at radius 3 is 2.45 bits per heavy atom. The van der Waals surface area contributed by atoms with Gasteiger partial charge in [-0.1, -0.05) is 18.2 Å². The molecule has 1 amide bonds. The molecule has 4 atom stereocenters.